The number of carbonyl (C=O) groups excluding carboxylic acids is 2. The van der Waals surface area contributed by atoms with Crippen molar-refractivity contribution in [1.29, 1.82) is 0 Å². The highest BCUT2D eigenvalue weighted by molar-refractivity contribution is 6.30. The van der Waals surface area contributed by atoms with Gasteiger partial charge in [-0.2, -0.15) is 0 Å². The molecular formula is C19H19ClN2O3. The summed E-state index contributed by atoms with van der Waals surface area (Å²) in [6.07, 6.45) is 3.15. The van der Waals surface area contributed by atoms with Crippen LogP contribution in [-0.2, 0) is 9.59 Å². The van der Waals surface area contributed by atoms with E-state index in [0.717, 1.165) is 5.56 Å². The summed E-state index contributed by atoms with van der Waals surface area (Å²) in [5, 5.41) is 3.40. The van der Waals surface area contributed by atoms with E-state index in [1.807, 2.05) is 12.1 Å². The first-order valence-electron chi connectivity index (χ1n) is 7.62. The molecule has 0 aliphatic heterocycles. The molecule has 0 aliphatic carbocycles. The number of halogens is 1. The quantitative estimate of drug-likeness (QED) is 0.804. The van der Waals surface area contributed by atoms with Gasteiger partial charge in [0.25, 0.3) is 5.91 Å². The van der Waals surface area contributed by atoms with Crippen molar-refractivity contribution in [1.82, 2.24) is 4.90 Å². The van der Waals surface area contributed by atoms with E-state index in [-0.39, 0.29) is 18.4 Å². The van der Waals surface area contributed by atoms with Crippen LogP contribution in [0.2, 0.25) is 5.02 Å². The standard InChI is InChI=1S/C19H19ClN2O3/c1-22(2)19(24)13-25-17-10-8-16(9-11-17)21-18(23)12-5-14-3-6-15(20)7-4-14/h3-12H,13H2,1-2H3,(H,21,23)/b12-5+. The fourth-order valence-electron chi connectivity index (χ4n) is 1.84. The van der Waals surface area contributed by atoms with Gasteiger partial charge in [0.05, 0.1) is 0 Å². The summed E-state index contributed by atoms with van der Waals surface area (Å²) in [5.74, 6) is 0.195. The molecule has 2 rings (SSSR count). The Bertz CT molecular complexity index is 753. The number of likely N-dealkylation sites (N-methyl/N-ethyl adjacent to an activating group) is 1. The molecule has 5 nitrogen and oxygen atoms in total. The largest absolute Gasteiger partial charge is 0.484 e. The number of nitrogens with zero attached hydrogens (tertiary/aromatic N) is 1. The van der Waals surface area contributed by atoms with Crippen molar-refractivity contribution in [3.05, 3.63) is 65.2 Å². The zero-order valence-corrected chi connectivity index (χ0v) is 14.8. The predicted octanol–water partition coefficient (Wildman–Crippen LogP) is 3.46. The molecule has 0 spiro atoms. The van der Waals surface area contributed by atoms with Gasteiger partial charge in [-0.25, -0.2) is 0 Å². The molecule has 2 amide bonds. The molecule has 0 aliphatic rings. The first-order chi connectivity index (χ1) is 11.9. The molecule has 6 heteroatoms. The Hall–Kier alpha value is -2.79. The van der Waals surface area contributed by atoms with Gasteiger partial charge in [0, 0.05) is 30.9 Å². The molecule has 0 aromatic heterocycles. The van der Waals surface area contributed by atoms with Crippen LogP contribution in [0, 0.1) is 0 Å². The molecule has 0 atom stereocenters. The Labute approximate surface area is 151 Å². The number of hydrogen-bond donors (Lipinski definition) is 1. The van der Waals surface area contributed by atoms with Crippen molar-refractivity contribution >= 4 is 35.2 Å². The minimum atomic E-state index is -0.244. The van der Waals surface area contributed by atoms with Gasteiger partial charge in [-0.3, -0.25) is 9.59 Å². The van der Waals surface area contributed by atoms with E-state index in [9.17, 15) is 9.59 Å². The number of rotatable bonds is 6. The van der Waals surface area contributed by atoms with Crippen molar-refractivity contribution < 1.29 is 14.3 Å². The average Bonchev–Trinajstić information content (AvgIpc) is 2.60. The second kappa shape index (κ2) is 8.89. The van der Waals surface area contributed by atoms with Gasteiger partial charge in [0.15, 0.2) is 6.61 Å². The first-order valence-corrected chi connectivity index (χ1v) is 7.99. The fraction of sp³-hybridized carbons (Fsp3) is 0.158. The predicted molar refractivity (Wildman–Crippen MR) is 99.7 cm³/mol. The molecule has 0 radical (unpaired) electrons. The minimum absolute atomic E-state index is 0.0253. The van der Waals surface area contributed by atoms with E-state index in [1.54, 1.807) is 56.6 Å². The molecule has 0 saturated carbocycles. The average molecular weight is 359 g/mol. The van der Waals surface area contributed by atoms with Gasteiger partial charge in [-0.15, -0.1) is 0 Å². The minimum Gasteiger partial charge on any atom is -0.484 e. The monoisotopic (exact) mass is 358 g/mol. The lowest BCUT2D eigenvalue weighted by Crippen LogP contribution is -2.27. The van der Waals surface area contributed by atoms with Crippen molar-refractivity contribution in [3.8, 4) is 5.75 Å². The van der Waals surface area contributed by atoms with Gasteiger partial charge in [0.2, 0.25) is 5.91 Å². The maximum atomic E-state index is 11.9. The van der Waals surface area contributed by atoms with Gasteiger partial charge in [-0.05, 0) is 48.0 Å². The number of carbonyl (C=O) groups is 2. The van der Waals surface area contributed by atoms with Crippen LogP contribution >= 0.6 is 11.6 Å². The molecule has 0 heterocycles. The molecule has 0 fully saturated rings. The van der Waals surface area contributed by atoms with Crippen molar-refractivity contribution in [2.24, 2.45) is 0 Å². The Morgan fingerprint density at radius 2 is 1.72 bits per heavy atom. The van der Waals surface area contributed by atoms with Crippen LogP contribution in [0.25, 0.3) is 6.08 Å². The summed E-state index contributed by atoms with van der Waals surface area (Å²) < 4.78 is 5.38. The summed E-state index contributed by atoms with van der Waals surface area (Å²) >= 11 is 5.81. The lowest BCUT2D eigenvalue weighted by molar-refractivity contribution is -0.130. The van der Waals surface area contributed by atoms with Crippen molar-refractivity contribution in [3.63, 3.8) is 0 Å². The van der Waals surface area contributed by atoms with E-state index in [2.05, 4.69) is 5.32 Å². The lowest BCUT2D eigenvalue weighted by atomic mass is 10.2. The topological polar surface area (TPSA) is 58.6 Å². The summed E-state index contributed by atoms with van der Waals surface area (Å²) in [5.41, 5.74) is 1.52. The molecule has 1 N–H and O–H groups in total. The number of benzene rings is 2. The summed E-state index contributed by atoms with van der Waals surface area (Å²) in [6.45, 7) is -0.0253. The van der Waals surface area contributed by atoms with Gasteiger partial charge < -0.3 is 15.0 Å². The second-order valence-corrected chi connectivity index (χ2v) is 5.91. The van der Waals surface area contributed by atoms with E-state index in [0.29, 0.717) is 16.5 Å². The van der Waals surface area contributed by atoms with E-state index in [1.165, 1.54) is 11.0 Å². The molecule has 25 heavy (non-hydrogen) atoms. The van der Waals surface area contributed by atoms with Crippen LogP contribution in [0.1, 0.15) is 5.56 Å². The number of hydrogen-bond acceptors (Lipinski definition) is 3. The first kappa shape index (κ1) is 18.5. The Kier molecular flexibility index (Phi) is 6.60. The molecule has 2 aromatic carbocycles. The molecule has 2 aromatic rings. The van der Waals surface area contributed by atoms with E-state index in [4.69, 9.17) is 16.3 Å². The third-order valence-corrected chi connectivity index (χ3v) is 3.53. The van der Waals surface area contributed by atoms with Gasteiger partial charge in [-0.1, -0.05) is 23.7 Å². The third kappa shape index (κ3) is 6.31. The Balaban J connectivity index is 1.86. The van der Waals surface area contributed by atoms with Gasteiger partial charge >= 0.3 is 0 Å². The maximum Gasteiger partial charge on any atom is 0.259 e. The number of anilines is 1. The Morgan fingerprint density at radius 3 is 2.32 bits per heavy atom. The maximum absolute atomic E-state index is 11.9. The van der Waals surface area contributed by atoms with Gasteiger partial charge in [0.1, 0.15) is 5.75 Å². The lowest BCUT2D eigenvalue weighted by Gasteiger charge is -2.11. The second-order valence-electron chi connectivity index (χ2n) is 5.48. The van der Waals surface area contributed by atoms with E-state index >= 15 is 0 Å². The van der Waals surface area contributed by atoms with Crippen LogP contribution in [0.15, 0.2) is 54.6 Å². The van der Waals surface area contributed by atoms with Crippen molar-refractivity contribution in [2.75, 3.05) is 26.0 Å². The van der Waals surface area contributed by atoms with Crippen LogP contribution in [0.5, 0.6) is 5.75 Å². The van der Waals surface area contributed by atoms with Crippen LogP contribution in [-0.4, -0.2) is 37.4 Å². The highest BCUT2D eigenvalue weighted by Crippen LogP contribution is 2.16. The molecule has 0 saturated heterocycles. The number of amides is 2. The van der Waals surface area contributed by atoms with Crippen LogP contribution in [0.4, 0.5) is 5.69 Å². The highest BCUT2D eigenvalue weighted by atomic mass is 35.5. The zero-order chi connectivity index (χ0) is 18.2. The number of ether oxygens (including phenoxy) is 1. The Morgan fingerprint density at radius 1 is 1.08 bits per heavy atom. The highest BCUT2D eigenvalue weighted by Gasteiger charge is 2.05. The van der Waals surface area contributed by atoms with Crippen molar-refractivity contribution in [2.45, 2.75) is 0 Å². The normalized spacial score (nSPS) is 10.5. The summed E-state index contributed by atoms with van der Waals surface area (Å²) in [4.78, 5) is 24.8. The number of nitrogens with one attached hydrogen (secondary N) is 1. The smallest absolute Gasteiger partial charge is 0.259 e. The van der Waals surface area contributed by atoms with Crippen LogP contribution in [0.3, 0.4) is 0 Å². The molecule has 130 valence electrons. The molecule has 0 unspecified atom stereocenters. The zero-order valence-electron chi connectivity index (χ0n) is 14.0. The van der Waals surface area contributed by atoms with E-state index < -0.39 is 0 Å². The fourth-order valence-corrected chi connectivity index (χ4v) is 1.96. The summed E-state index contributed by atoms with van der Waals surface area (Å²) in [7, 11) is 3.34. The summed E-state index contributed by atoms with van der Waals surface area (Å²) in [6, 6.07) is 14.0. The molecule has 0 bridgehead atoms. The molecular weight excluding hydrogens is 340 g/mol. The van der Waals surface area contributed by atoms with Crippen LogP contribution < -0.4 is 10.1 Å². The third-order valence-electron chi connectivity index (χ3n) is 3.28. The SMILES string of the molecule is CN(C)C(=O)COc1ccc(NC(=O)/C=C/c2ccc(Cl)cc2)cc1.